The standard InChI is InChI=1S/C31H34N2O5/c1-21(2)33(31(34)38-28-17-15-26(35-5)16-18-28)22(3)24-11-13-27(14-12-24)36-20-19-29-23(4)37-30(32-29)25-9-7-6-8-10-25/h6-18,21-22H,19-20H2,1-5H3/t22-/m0/s1. The highest BCUT2D eigenvalue weighted by Gasteiger charge is 2.26. The normalized spacial score (nSPS) is 11.7. The van der Waals surface area contributed by atoms with Gasteiger partial charge in [0.15, 0.2) is 0 Å². The van der Waals surface area contributed by atoms with E-state index in [-0.39, 0.29) is 12.1 Å². The van der Waals surface area contributed by atoms with E-state index in [9.17, 15) is 4.79 Å². The number of aromatic nitrogens is 1. The maximum absolute atomic E-state index is 13.0. The largest absolute Gasteiger partial charge is 0.497 e. The number of ether oxygens (including phenoxy) is 3. The van der Waals surface area contributed by atoms with Gasteiger partial charge in [-0.15, -0.1) is 0 Å². The Bertz CT molecular complexity index is 1310. The van der Waals surface area contributed by atoms with Gasteiger partial charge in [-0.25, -0.2) is 9.78 Å². The van der Waals surface area contributed by atoms with Crippen LogP contribution in [0.5, 0.6) is 17.2 Å². The minimum atomic E-state index is -0.407. The number of aryl methyl sites for hydroxylation is 1. The van der Waals surface area contributed by atoms with Crippen molar-refractivity contribution in [3.63, 3.8) is 0 Å². The molecule has 0 saturated carbocycles. The second-order valence-corrected chi connectivity index (χ2v) is 9.28. The summed E-state index contributed by atoms with van der Waals surface area (Å²) < 4.78 is 22.6. The molecule has 7 nitrogen and oxygen atoms in total. The van der Waals surface area contributed by atoms with Crippen LogP contribution in [0.25, 0.3) is 11.5 Å². The van der Waals surface area contributed by atoms with Gasteiger partial charge in [-0.05, 0) is 81.8 Å². The van der Waals surface area contributed by atoms with Crippen LogP contribution in [-0.2, 0) is 6.42 Å². The monoisotopic (exact) mass is 514 g/mol. The number of nitrogens with zero attached hydrogens (tertiary/aromatic N) is 2. The summed E-state index contributed by atoms with van der Waals surface area (Å²) in [6.45, 7) is 8.33. The Hall–Kier alpha value is -4.26. The molecular formula is C31H34N2O5. The predicted octanol–water partition coefficient (Wildman–Crippen LogP) is 7.25. The number of rotatable bonds is 10. The van der Waals surface area contributed by atoms with Crippen molar-refractivity contribution in [3.05, 3.63) is 95.9 Å². The van der Waals surface area contributed by atoms with E-state index in [0.29, 0.717) is 30.4 Å². The Balaban J connectivity index is 1.34. The van der Waals surface area contributed by atoms with Crippen molar-refractivity contribution in [1.29, 1.82) is 0 Å². The molecule has 1 aromatic heterocycles. The fourth-order valence-electron chi connectivity index (χ4n) is 4.25. The van der Waals surface area contributed by atoms with E-state index in [1.54, 1.807) is 36.3 Å². The maximum Gasteiger partial charge on any atom is 0.415 e. The van der Waals surface area contributed by atoms with Gasteiger partial charge in [0, 0.05) is 18.0 Å². The van der Waals surface area contributed by atoms with Gasteiger partial charge in [-0.2, -0.15) is 0 Å². The van der Waals surface area contributed by atoms with E-state index in [4.69, 9.17) is 18.6 Å². The zero-order valence-electron chi connectivity index (χ0n) is 22.5. The molecule has 38 heavy (non-hydrogen) atoms. The fourth-order valence-corrected chi connectivity index (χ4v) is 4.25. The van der Waals surface area contributed by atoms with Crippen molar-refractivity contribution in [3.8, 4) is 28.7 Å². The Labute approximate surface area is 224 Å². The lowest BCUT2D eigenvalue weighted by Crippen LogP contribution is -2.40. The van der Waals surface area contributed by atoms with Crippen LogP contribution in [0.4, 0.5) is 4.79 Å². The zero-order valence-corrected chi connectivity index (χ0v) is 22.5. The van der Waals surface area contributed by atoms with Crippen LogP contribution in [0.2, 0.25) is 0 Å². The molecule has 1 atom stereocenters. The van der Waals surface area contributed by atoms with E-state index >= 15 is 0 Å². The summed E-state index contributed by atoms with van der Waals surface area (Å²) in [5, 5.41) is 0. The van der Waals surface area contributed by atoms with Crippen molar-refractivity contribution in [2.75, 3.05) is 13.7 Å². The number of carbonyl (C=O) groups excluding carboxylic acids is 1. The molecule has 4 rings (SSSR count). The molecule has 1 amide bonds. The Morgan fingerprint density at radius 3 is 2.16 bits per heavy atom. The van der Waals surface area contributed by atoms with Crippen LogP contribution in [0.15, 0.2) is 83.3 Å². The molecule has 1 heterocycles. The summed E-state index contributed by atoms with van der Waals surface area (Å²) in [6, 6.07) is 24.4. The summed E-state index contributed by atoms with van der Waals surface area (Å²) in [4.78, 5) is 19.4. The van der Waals surface area contributed by atoms with Crippen molar-refractivity contribution in [2.45, 2.75) is 46.2 Å². The number of carbonyl (C=O) groups is 1. The first kappa shape index (κ1) is 26.8. The summed E-state index contributed by atoms with van der Waals surface area (Å²) in [5.74, 6) is 3.34. The maximum atomic E-state index is 13.0. The van der Waals surface area contributed by atoms with Crippen LogP contribution in [0.1, 0.15) is 43.8 Å². The van der Waals surface area contributed by atoms with Gasteiger partial charge in [0.25, 0.3) is 0 Å². The first-order chi connectivity index (χ1) is 18.4. The smallest absolute Gasteiger partial charge is 0.415 e. The third kappa shape index (κ3) is 6.54. The molecule has 0 unspecified atom stereocenters. The van der Waals surface area contributed by atoms with Crippen LogP contribution < -0.4 is 14.2 Å². The molecule has 7 heteroatoms. The summed E-state index contributed by atoms with van der Waals surface area (Å²) in [6.07, 6.45) is 0.231. The van der Waals surface area contributed by atoms with Crippen LogP contribution in [0.3, 0.4) is 0 Å². The Morgan fingerprint density at radius 2 is 1.53 bits per heavy atom. The third-order valence-electron chi connectivity index (χ3n) is 6.33. The first-order valence-electron chi connectivity index (χ1n) is 12.7. The average Bonchev–Trinajstić information content (AvgIpc) is 3.30. The van der Waals surface area contributed by atoms with Gasteiger partial charge >= 0.3 is 6.09 Å². The molecular weight excluding hydrogens is 480 g/mol. The average molecular weight is 515 g/mol. The highest BCUT2D eigenvalue weighted by molar-refractivity contribution is 5.71. The number of oxazole rings is 1. The summed E-state index contributed by atoms with van der Waals surface area (Å²) >= 11 is 0. The molecule has 0 aliphatic carbocycles. The number of methoxy groups -OCH3 is 1. The quantitative estimate of drug-likeness (QED) is 0.222. The number of amides is 1. The van der Waals surface area contributed by atoms with Crippen molar-refractivity contribution < 1.29 is 23.4 Å². The third-order valence-corrected chi connectivity index (χ3v) is 6.33. The molecule has 0 spiro atoms. The fraction of sp³-hybridized carbons (Fsp3) is 0.290. The highest BCUT2D eigenvalue weighted by atomic mass is 16.6. The van der Waals surface area contributed by atoms with Gasteiger partial charge in [0.1, 0.15) is 23.0 Å². The van der Waals surface area contributed by atoms with Gasteiger partial charge in [-0.1, -0.05) is 30.3 Å². The Morgan fingerprint density at radius 1 is 0.895 bits per heavy atom. The van der Waals surface area contributed by atoms with Crippen LogP contribution in [-0.4, -0.2) is 35.7 Å². The molecule has 4 aromatic rings. The van der Waals surface area contributed by atoms with Gasteiger partial charge in [-0.3, -0.25) is 4.90 Å². The van der Waals surface area contributed by atoms with E-state index in [1.165, 1.54) is 0 Å². The second kappa shape index (κ2) is 12.3. The molecule has 3 aromatic carbocycles. The van der Waals surface area contributed by atoms with Crippen molar-refractivity contribution in [1.82, 2.24) is 9.88 Å². The Kier molecular flexibility index (Phi) is 8.69. The van der Waals surface area contributed by atoms with Crippen molar-refractivity contribution >= 4 is 6.09 Å². The molecule has 0 saturated heterocycles. The topological polar surface area (TPSA) is 74.0 Å². The summed E-state index contributed by atoms with van der Waals surface area (Å²) in [5.41, 5.74) is 2.82. The lowest BCUT2D eigenvalue weighted by atomic mass is 10.1. The lowest BCUT2D eigenvalue weighted by molar-refractivity contribution is 0.118. The first-order valence-corrected chi connectivity index (χ1v) is 12.7. The molecule has 198 valence electrons. The van der Waals surface area contributed by atoms with Gasteiger partial charge < -0.3 is 18.6 Å². The van der Waals surface area contributed by atoms with Crippen molar-refractivity contribution in [2.24, 2.45) is 0 Å². The lowest BCUT2D eigenvalue weighted by Gasteiger charge is -2.32. The van der Waals surface area contributed by atoms with E-state index in [1.807, 2.05) is 82.3 Å². The highest BCUT2D eigenvalue weighted by Crippen LogP contribution is 2.27. The number of hydrogen-bond donors (Lipinski definition) is 0. The molecule has 0 aliphatic heterocycles. The van der Waals surface area contributed by atoms with Crippen LogP contribution in [0, 0.1) is 6.92 Å². The molecule has 0 N–H and O–H groups in total. The van der Waals surface area contributed by atoms with Gasteiger partial charge in [0.2, 0.25) is 5.89 Å². The summed E-state index contributed by atoms with van der Waals surface area (Å²) in [7, 11) is 1.60. The number of benzene rings is 3. The van der Waals surface area contributed by atoms with E-state index in [0.717, 1.165) is 28.3 Å². The van der Waals surface area contributed by atoms with E-state index < -0.39 is 6.09 Å². The zero-order chi connectivity index (χ0) is 27.1. The molecule has 0 radical (unpaired) electrons. The molecule has 0 aliphatic rings. The predicted molar refractivity (Wildman–Crippen MR) is 147 cm³/mol. The number of hydrogen-bond acceptors (Lipinski definition) is 6. The minimum Gasteiger partial charge on any atom is -0.497 e. The van der Waals surface area contributed by atoms with E-state index in [2.05, 4.69) is 4.98 Å². The minimum absolute atomic E-state index is 0.0573. The second-order valence-electron chi connectivity index (χ2n) is 9.28. The molecule has 0 bridgehead atoms. The SMILES string of the molecule is COc1ccc(OC(=O)N(C(C)C)[C@@H](C)c2ccc(OCCc3nc(-c4ccccc4)oc3C)cc2)cc1. The molecule has 0 fully saturated rings. The van der Waals surface area contributed by atoms with Crippen LogP contribution >= 0.6 is 0 Å². The van der Waals surface area contributed by atoms with Gasteiger partial charge in [0.05, 0.1) is 25.5 Å².